The first-order chi connectivity index (χ1) is 29.0. The highest BCUT2D eigenvalue weighted by Gasteiger charge is 2.19. The largest absolute Gasteiger partial charge is 0.462 e. The minimum atomic E-state index is -0.805. The van der Waals surface area contributed by atoms with Gasteiger partial charge in [0.15, 0.2) is 6.10 Å². The SMILES string of the molecule is CC/C=C/C=C/C=C/C=C/C=C/CCCC(=O)OCC(COC(=O)CCCCCCCCC/C=C/C/C=C/CC)OC(=O)CCCCCCCCCCCCCCCC. The molecule has 59 heavy (non-hydrogen) atoms. The lowest BCUT2D eigenvalue weighted by Crippen LogP contribution is -2.30. The Morgan fingerprint density at radius 3 is 1.27 bits per heavy atom. The van der Waals surface area contributed by atoms with Crippen molar-refractivity contribution >= 4 is 17.9 Å². The van der Waals surface area contributed by atoms with Crippen LogP contribution in [0, 0.1) is 0 Å². The molecule has 0 aromatic carbocycles. The van der Waals surface area contributed by atoms with Crippen LogP contribution < -0.4 is 0 Å². The minimum Gasteiger partial charge on any atom is -0.462 e. The third-order valence-corrected chi connectivity index (χ3v) is 10.0. The zero-order valence-electron chi connectivity index (χ0n) is 38.2. The van der Waals surface area contributed by atoms with Gasteiger partial charge in [-0.15, -0.1) is 0 Å². The van der Waals surface area contributed by atoms with Crippen LogP contribution in [0.5, 0.6) is 0 Å². The molecule has 336 valence electrons. The van der Waals surface area contributed by atoms with Gasteiger partial charge in [0.1, 0.15) is 13.2 Å². The summed E-state index contributed by atoms with van der Waals surface area (Å²) >= 11 is 0. The Labute approximate surface area is 363 Å². The molecule has 0 radical (unpaired) electrons. The Balaban J connectivity index is 4.49. The van der Waals surface area contributed by atoms with Crippen LogP contribution in [-0.2, 0) is 28.6 Å². The lowest BCUT2D eigenvalue weighted by molar-refractivity contribution is -0.167. The first kappa shape index (κ1) is 55.6. The van der Waals surface area contributed by atoms with Crippen molar-refractivity contribution in [3.05, 3.63) is 85.1 Å². The summed E-state index contributed by atoms with van der Waals surface area (Å²) in [6.45, 7) is 6.31. The van der Waals surface area contributed by atoms with Crippen molar-refractivity contribution in [3.63, 3.8) is 0 Å². The van der Waals surface area contributed by atoms with Crippen molar-refractivity contribution < 1.29 is 28.6 Å². The molecule has 0 bridgehead atoms. The predicted molar refractivity (Wildman–Crippen MR) is 251 cm³/mol. The van der Waals surface area contributed by atoms with E-state index in [2.05, 4.69) is 51.2 Å². The fourth-order valence-electron chi connectivity index (χ4n) is 6.45. The van der Waals surface area contributed by atoms with Crippen LogP contribution in [0.2, 0.25) is 0 Å². The van der Waals surface area contributed by atoms with Gasteiger partial charge in [0.05, 0.1) is 0 Å². The van der Waals surface area contributed by atoms with Crippen molar-refractivity contribution in [1.82, 2.24) is 0 Å². The third-order valence-electron chi connectivity index (χ3n) is 10.0. The molecule has 1 atom stereocenters. The Bertz CT molecular complexity index is 1170. The zero-order chi connectivity index (χ0) is 43.0. The van der Waals surface area contributed by atoms with Gasteiger partial charge >= 0.3 is 17.9 Å². The molecule has 0 amide bonds. The summed E-state index contributed by atoms with van der Waals surface area (Å²) in [4.78, 5) is 37.8. The molecule has 0 heterocycles. The molecule has 0 aromatic rings. The summed E-state index contributed by atoms with van der Waals surface area (Å²) in [6.07, 6.45) is 60.0. The normalized spacial score (nSPS) is 12.8. The summed E-state index contributed by atoms with van der Waals surface area (Å²) in [5.41, 5.74) is 0. The summed E-state index contributed by atoms with van der Waals surface area (Å²) in [7, 11) is 0. The van der Waals surface area contributed by atoms with E-state index in [-0.39, 0.29) is 37.5 Å². The monoisotopic (exact) mass is 821 g/mol. The quantitative estimate of drug-likeness (QED) is 0.0201. The number of rotatable bonds is 42. The lowest BCUT2D eigenvalue weighted by Gasteiger charge is -2.18. The van der Waals surface area contributed by atoms with E-state index >= 15 is 0 Å². The second-order valence-electron chi connectivity index (χ2n) is 15.7. The molecule has 0 saturated heterocycles. The predicted octanol–water partition coefficient (Wildman–Crippen LogP) is 15.6. The second kappa shape index (κ2) is 47.3. The zero-order valence-corrected chi connectivity index (χ0v) is 38.2. The average molecular weight is 821 g/mol. The first-order valence-corrected chi connectivity index (χ1v) is 24.2. The molecule has 0 rings (SSSR count). The Morgan fingerprint density at radius 2 is 0.763 bits per heavy atom. The van der Waals surface area contributed by atoms with E-state index in [1.54, 1.807) is 0 Å². The molecule has 0 aliphatic heterocycles. The van der Waals surface area contributed by atoms with E-state index in [1.165, 1.54) is 96.3 Å². The van der Waals surface area contributed by atoms with Gasteiger partial charge in [-0.1, -0.05) is 221 Å². The second-order valence-corrected chi connectivity index (χ2v) is 15.7. The van der Waals surface area contributed by atoms with Crippen molar-refractivity contribution in [2.45, 2.75) is 219 Å². The minimum absolute atomic E-state index is 0.102. The number of carbonyl (C=O) groups excluding carboxylic acids is 3. The van der Waals surface area contributed by atoms with Crippen molar-refractivity contribution in [2.75, 3.05) is 13.2 Å². The number of ether oxygens (including phenoxy) is 3. The number of hydrogen-bond acceptors (Lipinski definition) is 6. The van der Waals surface area contributed by atoms with Crippen molar-refractivity contribution in [3.8, 4) is 0 Å². The summed E-state index contributed by atoms with van der Waals surface area (Å²) in [5.74, 6) is -0.989. The summed E-state index contributed by atoms with van der Waals surface area (Å²) in [5, 5.41) is 0. The van der Waals surface area contributed by atoms with Gasteiger partial charge in [0, 0.05) is 19.3 Å². The maximum Gasteiger partial charge on any atom is 0.306 e. The Morgan fingerprint density at radius 1 is 0.373 bits per heavy atom. The molecule has 0 spiro atoms. The molecule has 0 aliphatic carbocycles. The van der Waals surface area contributed by atoms with Crippen LogP contribution in [0.1, 0.15) is 213 Å². The van der Waals surface area contributed by atoms with Gasteiger partial charge in [-0.3, -0.25) is 14.4 Å². The Hall–Kier alpha value is -3.41. The lowest BCUT2D eigenvalue weighted by atomic mass is 10.0. The van der Waals surface area contributed by atoms with Gasteiger partial charge in [-0.2, -0.15) is 0 Å². The molecule has 0 saturated carbocycles. The fraction of sp³-hybridized carbons (Fsp3) is 0.679. The summed E-state index contributed by atoms with van der Waals surface area (Å²) in [6, 6.07) is 0. The number of carbonyl (C=O) groups is 3. The Kier molecular flexibility index (Phi) is 44.5. The summed E-state index contributed by atoms with van der Waals surface area (Å²) < 4.78 is 16.7. The molecule has 0 fully saturated rings. The molecule has 0 aromatic heterocycles. The molecule has 0 aliphatic rings. The number of unbranched alkanes of at least 4 members (excludes halogenated alkanes) is 21. The molecule has 6 heteroatoms. The van der Waals surface area contributed by atoms with Gasteiger partial charge < -0.3 is 14.2 Å². The van der Waals surface area contributed by atoms with Gasteiger partial charge in [-0.05, 0) is 57.8 Å². The van der Waals surface area contributed by atoms with E-state index in [0.717, 1.165) is 70.6 Å². The van der Waals surface area contributed by atoms with E-state index in [4.69, 9.17) is 14.2 Å². The maximum atomic E-state index is 12.8. The number of esters is 3. The van der Waals surface area contributed by atoms with Crippen LogP contribution in [0.25, 0.3) is 0 Å². The fourth-order valence-corrected chi connectivity index (χ4v) is 6.45. The first-order valence-electron chi connectivity index (χ1n) is 24.2. The molecular formula is C53H88O6. The van der Waals surface area contributed by atoms with Crippen molar-refractivity contribution in [1.29, 1.82) is 0 Å². The van der Waals surface area contributed by atoms with E-state index in [1.807, 2.05) is 54.7 Å². The van der Waals surface area contributed by atoms with Crippen LogP contribution in [-0.4, -0.2) is 37.2 Å². The topological polar surface area (TPSA) is 78.9 Å². The van der Waals surface area contributed by atoms with E-state index in [9.17, 15) is 14.4 Å². The standard InChI is InChI=1S/C53H88O6/c1-4-7-10-13-16-19-22-25-28-31-34-37-40-43-46-52(55)58-49-50(48-57-51(54)45-42-39-36-33-30-27-24-21-18-15-12-9-6-3)59-53(56)47-44-41-38-35-32-29-26-23-20-17-14-11-8-5-2/h7,9-10,12,15-16,18-19,21,24,27,30,33,36,50H,4-6,8,11,13-14,17,20,22-23,25-26,28-29,31-32,34-35,37-49H2,1-3H3/b10-7+,12-9+,18-15+,19-16+,24-21+,30-27+,36-33+. The van der Waals surface area contributed by atoms with Gasteiger partial charge in [-0.25, -0.2) is 0 Å². The smallest absolute Gasteiger partial charge is 0.306 e. The molecule has 1 unspecified atom stereocenters. The molecular weight excluding hydrogens is 733 g/mol. The van der Waals surface area contributed by atoms with Gasteiger partial charge in [0.25, 0.3) is 0 Å². The molecule has 6 nitrogen and oxygen atoms in total. The van der Waals surface area contributed by atoms with Gasteiger partial charge in [0.2, 0.25) is 0 Å². The van der Waals surface area contributed by atoms with E-state index < -0.39 is 6.10 Å². The van der Waals surface area contributed by atoms with Crippen molar-refractivity contribution in [2.24, 2.45) is 0 Å². The third kappa shape index (κ3) is 45.5. The van der Waals surface area contributed by atoms with Crippen LogP contribution >= 0.6 is 0 Å². The average Bonchev–Trinajstić information content (AvgIpc) is 3.23. The van der Waals surface area contributed by atoms with Crippen LogP contribution in [0.4, 0.5) is 0 Å². The highest BCUT2D eigenvalue weighted by Crippen LogP contribution is 2.15. The highest BCUT2D eigenvalue weighted by molar-refractivity contribution is 5.71. The maximum absolute atomic E-state index is 12.8. The number of allylic oxidation sites excluding steroid dienone is 14. The van der Waals surface area contributed by atoms with E-state index in [0.29, 0.717) is 19.3 Å². The molecule has 0 N–H and O–H groups in total. The number of hydrogen-bond donors (Lipinski definition) is 0. The highest BCUT2D eigenvalue weighted by atomic mass is 16.6. The van der Waals surface area contributed by atoms with Crippen LogP contribution in [0.3, 0.4) is 0 Å². The van der Waals surface area contributed by atoms with Crippen LogP contribution in [0.15, 0.2) is 85.1 Å².